The van der Waals surface area contributed by atoms with Crippen LogP contribution >= 0.6 is 8.03 Å². The van der Waals surface area contributed by atoms with Crippen molar-refractivity contribution in [2.24, 2.45) is 0 Å². The summed E-state index contributed by atoms with van der Waals surface area (Å²) < 4.78 is 31.1. The van der Waals surface area contributed by atoms with Gasteiger partial charge < -0.3 is 10.2 Å². The van der Waals surface area contributed by atoms with Gasteiger partial charge in [0.15, 0.2) is 6.61 Å². The largest absolute Gasteiger partial charge is 0.511 e. The molecule has 0 aliphatic heterocycles. The van der Waals surface area contributed by atoms with Crippen LogP contribution in [-0.4, -0.2) is 40.0 Å². The molecule has 0 saturated heterocycles. The number of nitrogens with zero attached hydrogens (tertiary/aromatic N) is 1. The highest BCUT2D eigenvalue weighted by molar-refractivity contribution is 7.39. The second-order valence-corrected chi connectivity index (χ2v) is 10.6. The van der Waals surface area contributed by atoms with Gasteiger partial charge in [0, 0.05) is 11.1 Å². The first-order chi connectivity index (χ1) is 18.7. The van der Waals surface area contributed by atoms with Crippen molar-refractivity contribution in [1.82, 2.24) is 4.98 Å². The fourth-order valence-corrected chi connectivity index (χ4v) is 5.06. The van der Waals surface area contributed by atoms with E-state index < -0.39 is 26.5 Å². The fourth-order valence-electron chi connectivity index (χ4n) is 4.28. The number of rotatable bonds is 9. The van der Waals surface area contributed by atoms with E-state index in [2.05, 4.69) is 30.0 Å². The van der Waals surface area contributed by atoms with Crippen LogP contribution in [0.2, 0.25) is 0 Å². The van der Waals surface area contributed by atoms with Crippen LogP contribution < -0.4 is 0 Å². The summed E-state index contributed by atoms with van der Waals surface area (Å²) in [5.74, 6) is 4.48. The number of aliphatic carboxylic acids is 1. The monoisotopic (exact) mass is 544 g/mol. The van der Waals surface area contributed by atoms with Crippen LogP contribution in [0.5, 0.6) is 0 Å². The molecular formula is C31H28FNO5P+. The Hall–Kier alpha value is -3.95. The summed E-state index contributed by atoms with van der Waals surface area (Å²) in [5, 5.41) is 20.6. The van der Waals surface area contributed by atoms with Crippen LogP contribution in [0.4, 0.5) is 4.39 Å². The van der Waals surface area contributed by atoms with E-state index in [1.54, 1.807) is 12.1 Å². The minimum atomic E-state index is -2.28. The summed E-state index contributed by atoms with van der Waals surface area (Å²) >= 11 is 0. The lowest BCUT2D eigenvalue weighted by Gasteiger charge is -2.17. The number of halogens is 1. The van der Waals surface area contributed by atoms with Gasteiger partial charge in [-0.2, -0.15) is 0 Å². The molecule has 39 heavy (non-hydrogen) atoms. The van der Waals surface area contributed by atoms with Crippen molar-refractivity contribution in [3.63, 3.8) is 0 Å². The van der Waals surface area contributed by atoms with Crippen molar-refractivity contribution in [2.45, 2.75) is 32.3 Å². The smallest absolute Gasteiger partial charge is 0.481 e. The minimum absolute atomic E-state index is 0.00661. The van der Waals surface area contributed by atoms with Crippen molar-refractivity contribution in [3.05, 3.63) is 89.9 Å². The van der Waals surface area contributed by atoms with E-state index in [0.717, 1.165) is 38.9 Å². The van der Waals surface area contributed by atoms with Crippen LogP contribution in [0.3, 0.4) is 0 Å². The first-order valence-electron chi connectivity index (χ1n) is 12.5. The lowest BCUT2D eigenvalue weighted by molar-refractivity contribution is -0.138. The molecule has 198 valence electrons. The molecule has 1 aromatic heterocycles. The number of aliphatic hydroxyl groups is 1. The van der Waals surface area contributed by atoms with Gasteiger partial charge in [0.1, 0.15) is 11.9 Å². The average molecular weight is 545 g/mol. The molecule has 6 nitrogen and oxygen atoms in total. The van der Waals surface area contributed by atoms with Gasteiger partial charge in [-0.3, -0.25) is 9.78 Å². The molecule has 2 unspecified atom stereocenters. The first kappa shape index (κ1) is 28.1. The standard InChI is InChI=1S/C31H27FNO5P/c1-20(2)31-27(11-6-16-38-39(37)19-24(34)17-30(35)36)28(22-12-14-23(32)15-13-22)18-29(33-31)26-10-5-8-21-7-3-4-9-25(21)26/h3-5,7-10,12-15,18,20,24,34H,16-17,19H2,1-2H3/p+1. The SMILES string of the molecule is CC(C)c1nc(-c2cccc3ccccc23)cc(-c2ccc(F)cc2)c1C#CCO[P+](=O)CC(O)CC(=O)O. The van der Waals surface area contributed by atoms with Gasteiger partial charge >= 0.3 is 14.0 Å². The number of hydrogen-bond donors (Lipinski definition) is 2. The minimum Gasteiger partial charge on any atom is -0.481 e. The second-order valence-electron chi connectivity index (χ2n) is 9.35. The molecule has 0 spiro atoms. The highest BCUT2D eigenvalue weighted by atomic mass is 31.1. The molecule has 4 aromatic rings. The zero-order valence-corrected chi connectivity index (χ0v) is 22.5. The maximum atomic E-state index is 13.8. The van der Waals surface area contributed by atoms with E-state index in [1.165, 1.54) is 12.1 Å². The van der Waals surface area contributed by atoms with Gasteiger partial charge in [-0.15, -0.1) is 4.52 Å². The van der Waals surface area contributed by atoms with Crippen molar-refractivity contribution in [1.29, 1.82) is 0 Å². The lowest BCUT2D eigenvalue weighted by Crippen LogP contribution is -2.15. The van der Waals surface area contributed by atoms with Gasteiger partial charge in [-0.25, -0.2) is 4.39 Å². The van der Waals surface area contributed by atoms with E-state index in [4.69, 9.17) is 14.6 Å². The Morgan fingerprint density at radius 1 is 1.05 bits per heavy atom. The Morgan fingerprint density at radius 2 is 1.77 bits per heavy atom. The number of hydrogen-bond acceptors (Lipinski definition) is 5. The maximum Gasteiger partial charge on any atom is 0.511 e. The van der Waals surface area contributed by atoms with Gasteiger partial charge in [0.2, 0.25) is 6.16 Å². The quantitative estimate of drug-likeness (QED) is 0.178. The van der Waals surface area contributed by atoms with E-state index in [9.17, 15) is 18.9 Å². The van der Waals surface area contributed by atoms with Crippen molar-refractivity contribution >= 4 is 24.8 Å². The molecule has 3 aromatic carbocycles. The van der Waals surface area contributed by atoms with E-state index in [1.807, 2.05) is 44.2 Å². The van der Waals surface area contributed by atoms with Crippen LogP contribution in [0, 0.1) is 17.7 Å². The molecule has 0 fully saturated rings. The molecule has 4 rings (SSSR count). The van der Waals surface area contributed by atoms with Crippen molar-refractivity contribution in [3.8, 4) is 34.2 Å². The molecule has 8 heteroatoms. The van der Waals surface area contributed by atoms with Crippen molar-refractivity contribution in [2.75, 3.05) is 12.8 Å². The zero-order chi connectivity index (χ0) is 27.9. The summed E-state index contributed by atoms with van der Waals surface area (Å²) in [5.41, 5.74) is 4.71. The molecule has 1 heterocycles. The second kappa shape index (κ2) is 12.7. The Kier molecular flexibility index (Phi) is 9.16. The third-order valence-electron chi connectivity index (χ3n) is 6.08. The Balaban J connectivity index is 1.75. The Morgan fingerprint density at radius 3 is 2.49 bits per heavy atom. The molecule has 0 radical (unpaired) electrons. The first-order valence-corrected chi connectivity index (χ1v) is 13.8. The summed E-state index contributed by atoms with van der Waals surface area (Å²) in [6.07, 6.45) is -2.06. The van der Waals surface area contributed by atoms with E-state index in [-0.39, 0.29) is 24.5 Å². The predicted octanol–water partition coefficient (Wildman–Crippen LogP) is 6.78. The number of fused-ring (bicyclic) bond motifs is 1. The summed E-state index contributed by atoms with van der Waals surface area (Å²) in [7, 11) is -2.28. The maximum absolute atomic E-state index is 13.8. The normalized spacial score (nSPS) is 12.2. The topological polar surface area (TPSA) is 96.7 Å². The number of aliphatic hydroxyl groups excluding tert-OH is 1. The average Bonchev–Trinajstić information content (AvgIpc) is 2.90. The van der Waals surface area contributed by atoms with Crippen LogP contribution in [0.1, 0.15) is 37.4 Å². The predicted molar refractivity (Wildman–Crippen MR) is 150 cm³/mol. The van der Waals surface area contributed by atoms with Gasteiger partial charge in [0.25, 0.3) is 0 Å². The summed E-state index contributed by atoms with van der Waals surface area (Å²) in [6.45, 7) is 3.86. The van der Waals surface area contributed by atoms with Crippen LogP contribution in [0.15, 0.2) is 72.8 Å². The van der Waals surface area contributed by atoms with Crippen molar-refractivity contribution < 1.29 is 28.5 Å². The number of pyridine rings is 1. The highest BCUT2D eigenvalue weighted by Crippen LogP contribution is 2.35. The van der Waals surface area contributed by atoms with Gasteiger partial charge in [-0.05, 0) is 45.0 Å². The molecule has 0 bridgehead atoms. The third kappa shape index (κ3) is 7.13. The third-order valence-corrected chi connectivity index (χ3v) is 7.22. The molecular weight excluding hydrogens is 516 g/mol. The number of carbonyl (C=O) groups is 1. The molecule has 0 aliphatic carbocycles. The van der Waals surface area contributed by atoms with Crippen LogP contribution in [-0.2, 0) is 13.9 Å². The number of carboxylic acids is 1. The summed E-state index contributed by atoms with van der Waals surface area (Å²) in [4.78, 5) is 15.7. The van der Waals surface area contributed by atoms with Crippen LogP contribution in [0.25, 0.3) is 33.2 Å². The van der Waals surface area contributed by atoms with E-state index in [0.29, 0.717) is 5.56 Å². The number of aromatic nitrogens is 1. The number of carboxylic acid groups (broad SMARTS) is 1. The van der Waals surface area contributed by atoms with E-state index >= 15 is 0 Å². The molecule has 2 N–H and O–H groups in total. The summed E-state index contributed by atoms with van der Waals surface area (Å²) in [6, 6.07) is 22.3. The lowest BCUT2D eigenvalue weighted by atomic mass is 9.92. The zero-order valence-electron chi connectivity index (χ0n) is 21.6. The molecule has 0 amide bonds. The Bertz CT molecular complexity index is 1570. The van der Waals surface area contributed by atoms with Gasteiger partial charge in [-0.1, -0.05) is 80.3 Å². The highest BCUT2D eigenvalue weighted by Gasteiger charge is 2.25. The Labute approximate surface area is 227 Å². The van der Waals surface area contributed by atoms with Gasteiger partial charge in [0.05, 0.1) is 23.4 Å². The molecule has 2 atom stereocenters. The molecule has 0 saturated carbocycles. The number of benzene rings is 3. The fraction of sp³-hybridized carbons (Fsp3) is 0.226. The molecule has 0 aliphatic rings.